The number of nitrogens with one attached hydrogen (secondary N) is 2. The number of anilines is 1. The molecule has 15 heavy (non-hydrogen) atoms. The van der Waals surface area contributed by atoms with Crippen molar-refractivity contribution in [3.63, 3.8) is 0 Å². The minimum Gasteiger partial charge on any atom is -0.338 e. The summed E-state index contributed by atoms with van der Waals surface area (Å²) < 4.78 is 0. The Morgan fingerprint density at radius 2 is 1.80 bits per heavy atom. The molecule has 0 atom stereocenters. The van der Waals surface area contributed by atoms with Gasteiger partial charge in [-0.15, -0.1) is 0 Å². The van der Waals surface area contributed by atoms with Gasteiger partial charge in [0.15, 0.2) is 5.78 Å². The Kier molecular flexibility index (Phi) is 3.85. The number of carbonyl (C=O) groups excluding carboxylic acids is 2. The van der Waals surface area contributed by atoms with Gasteiger partial charge in [0.2, 0.25) is 0 Å². The monoisotopic (exact) mass is 206 g/mol. The minimum absolute atomic E-state index is 0.0135. The summed E-state index contributed by atoms with van der Waals surface area (Å²) in [5, 5.41) is 5.26. The third-order valence-corrected chi connectivity index (χ3v) is 1.89. The minimum atomic E-state index is -0.243. The highest BCUT2D eigenvalue weighted by atomic mass is 16.2. The van der Waals surface area contributed by atoms with Gasteiger partial charge in [-0.2, -0.15) is 0 Å². The fraction of sp³-hybridized carbons (Fsp3) is 0.273. The van der Waals surface area contributed by atoms with Crippen LogP contribution in [0, 0.1) is 0 Å². The van der Waals surface area contributed by atoms with Crippen molar-refractivity contribution in [3.8, 4) is 0 Å². The predicted molar refractivity (Wildman–Crippen MR) is 59.1 cm³/mol. The number of hydrogen-bond acceptors (Lipinski definition) is 2. The molecule has 2 amide bonds. The zero-order chi connectivity index (χ0) is 11.3. The lowest BCUT2D eigenvalue weighted by atomic mass is 10.1. The van der Waals surface area contributed by atoms with Crippen LogP contribution in [0.3, 0.4) is 0 Å². The highest BCUT2D eigenvalue weighted by Gasteiger charge is 2.01. The molecule has 0 unspecified atom stereocenters. The van der Waals surface area contributed by atoms with E-state index in [1.165, 1.54) is 6.92 Å². The van der Waals surface area contributed by atoms with Gasteiger partial charge in [0.25, 0.3) is 0 Å². The van der Waals surface area contributed by atoms with E-state index in [0.29, 0.717) is 17.8 Å². The average molecular weight is 206 g/mol. The van der Waals surface area contributed by atoms with E-state index in [1.54, 1.807) is 24.3 Å². The van der Waals surface area contributed by atoms with E-state index >= 15 is 0 Å². The molecule has 1 rings (SSSR count). The zero-order valence-corrected chi connectivity index (χ0v) is 8.83. The fourth-order valence-corrected chi connectivity index (χ4v) is 1.12. The molecule has 0 spiro atoms. The lowest BCUT2D eigenvalue weighted by molar-refractivity contribution is 0.101. The van der Waals surface area contributed by atoms with Crippen LogP contribution in [0.15, 0.2) is 24.3 Å². The van der Waals surface area contributed by atoms with Crippen LogP contribution in [0.2, 0.25) is 0 Å². The van der Waals surface area contributed by atoms with Crippen molar-refractivity contribution < 1.29 is 9.59 Å². The first kappa shape index (κ1) is 11.2. The van der Waals surface area contributed by atoms with Crippen LogP contribution >= 0.6 is 0 Å². The molecule has 0 aliphatic carbocycles. The van der Waals surface area contributed by atoms with Crippen molar-refractivity contribution in [2.75, 3.05) is 11.9 Å². The lowest BCUT2D eigenvalue weighted by Gasteiger charge is -2.05. The van der Waals surface area contributed by atoms with Gasteiger partial charge in [-0.05, 0) is 38.1 Å². The van der Waals surface area contributed by atoms with Gasteiger partial charge in [0.1, 0.15) is 0 Å². The van der Waals surface area contributed by atoms with Crippen molar-refractivity contribution in [3.05, 3.63) is 29.8 Å². The molecule has 0 saturated carbocycles. The van der Waals surface area contributed by atoms with Gasteiger partial charge < -0.3 is 10.6 Å². The summed E-state index contributed by atoms with van der Waals surface area (Å²) in [7, 11) is 0. The number of hydrogen-bond donors (Lipinski definition) is 2. The molecule has 0 heterocycles. The maximum Gasteiger partial charge on any atom is 0.319 e. The van der Waals surface area contributed by atoms with Crippen LogP contribution in [0.5, 0.6) is 0 Å². The smallest absolute Gasteiger partial charge is 0.319 e. The summed E-state index contributed by atoms with van der Waals surface area (Å²) in [6, 6.07) is 6.53. The number of carbonyl (C=O) groups is 2. The van der Waals surface area contributed by atoms with Crippen LogP contribution in [0.1, 0.15) is 24.2 Å². The third-order valence-electron chi connectivity index (χ3n) is 1.89. The van der Waals surface area contributed by atoms with Crippen molar-refractivity contribution in [1.82, 2.24) is 5.32 Å². The van der Waals surface area contributed by atoms with Crippen molar-refractivity contribution in [2.24, 2.45) is 0 Å². The van der Waals surface area contributed by atoms with E-state index in [0.717, 1.165) is 0 Å². The molecule has 0 fully saturated rings. The number of benzene rings is 1. The van der Waals surface area contributed by atoms with Crippen LogP contribution in [0.4, 0.5) is 10.5 Å². The fourth-order valence-electron chi connectivity index (χ4n) is 1.12. The van der Waals surface area contributed by atoms with Crippen molar-refractivity contribution >= 4 is 17.5 Å². The summed E-state index contributed by atoms with van der Waals surface area (Å²) in [6.45, 7) is 3.93. The number of urea groups is 1. The molecule has 0 radical (unpaired) electrons. The van der Waals surface area contributed by atoms with E-state index in [-0.39, 0.29) is 11.8 Å². The Labute approximate surface area is 88.7 Å². The van der Waals surface area contributed by atoms with Gasteiger partial charge in [-0.1, -0.05) is 0 Å². The Morgan fingerprint density at radius 1 is 1.20 bits per heavy atom. The van der Waals surface area contributed by atoms with Crippen molar-refractivity contribution in [1.29, 1.82) is 0 Å². The molecule has 0 aliphatic heterocycles. The molecule has 1 aromatic carbocycles. The van der Waals surface area contributed by atoms with Crippen LogP contribution < -0.4 is 10.6 Å². The molecule has 0 bridgehead atoms. The number of ketones is 1. The topological polar surface area (TPSA) is 58.2 Å². The van der Waals surface area contributed by atoms with Gasteiger partial charge in [-0.3, -0.25) is 4.79 Å². The molecule has 2 N–H and O–H groups in total. The van der Waals surface area contributed by atoms with E-state index in [9.17, 15) is 9.59 Å². The zero-order valence-electron chi connectivity index (χ0n) is 8.83. The molecule has 0 aromatic heterocycles. The largest absolute Gasteiger partial charge is 0.338 e. The standard InChI is InChI=1S/C11H14N2O2/c1-3-12-11(15)13-10-6-4-9(5-7-10)8(2)14/h4-7H,3H2,1-2H3,(H2,12,13,15). The molecule has 80 valence electrons. The van der Waals surface area contributed by atoms with Crippen LogP contribution in [-0.4, -0.2) is 18.4 Å². The molecule has 1 aromatic rings. The Hall–Kier alpha value is -1.84. The van der Waals surface area contributed by atoms with E-state index in [4.69, 9.17) is 0 Å². The average Bonchev–Trinajstić information content (AvgIpc) is 2.18. The molecule has 0 aliphatic rings. The second-order valence-corrected chi connectivity index (χ2v) is 3.12. The predicted octanol–water partition coefficient (Wildman–Crippen LogP) is 2.03. The van der Waals surface area contributed by atoms with E-state index in [2.05, 4.69) is 10.6 Å². The van der Waals surface area contributed by atoms with Gasteiger partial charge in [-0.25, -0.2) is 4.79 Å². The van der Waals surface area contributed by atoms with Crippen LogP contribution in [-0.2, 0) is 0 Å². The van der Waals surface area contributed by atoms with E-state index in [1.807, 2.05) is 6.92 Å². The third kappa shape index (κ3) is 3.42. The van der Waals surface area contributed by atoms with E-state index < -0.39 is 0 Å². The number of rotatable bonds is 3. The normalized spacial score (nSPS) is 9.47. The second kappa shape index (κ2) is 5.14. The second-order valence-electron chi connectivity index (χ2n) is 3.12. The lowest BCUT2D eigenvalue weighted by Crippen LogP contribution is -2.28. The molecule has 4 nitrogen and oxygen atoms in total. The quantitative estimate of drug-likeness (QED) is 0.743. The summed E-state index contributed by atoms with van der Waals surface area (Å²) >= 11 is 0. The highest BCUT2D eigenvalue weighted by Crippen LogP contribution is 2.09. The summed E-state index contributed by atoms with van der Waals surface area (Å²) in [6.07, 6.45) is 0. The Bertz CT molecular complexity index is 357. The summed E-state index contributed by atoms with van der Waals surface area (Å²) in [5.41, 5.74) is 1.31. The first-order chi connectivity index (χ1) is 7.13. The first-order valence-electron chi connectivity index (χ1n) is 4.79. The van der Waals surface area contributed by atoms with Crippen molar-refractivity contribution in [2.45, 2.75) is 13.8 Å². The van der Waals surface area contributed by atoms with Gasteiger partial charge in [0.05, 0.1) is 0 Å². The number of amides is 2. The molecular formula is C11H14N2O2. The Balaban J connectivity index is 2.64. The maximum absolute atomic E-state index is 11.1. The Morgan fingerprint density at radius 3 is 2.27 bits per heavy atom. The molecular weight excluding hydrogens is 192 g/mol. The number of Topliss-reactive ketones (excluding diaryl/α,β-unsaturated/α-hetero) is 1. The van der Waals surface area contributed by atoms with Gasteiger partial charge in [0, 0.05) is 17.8 Å². The van der Waals surface area contributed by atoms with Gasteiger partial charge >= 0.3 is 6.03 Å². The summed E-state index contributed by atoms with van der Waals surface area (Å²) in [5.74, 6) is 0.0135. The summed E-state index contributed by atoms with van der Waals surface area (Å²) in [4.78, 5) is 22.1. The van der Waals surface area contributed by atoms with Crippen LogP contribution in [0.25, 0.3) is 0 Å². The maximum atomic E-state index is 11.1. The molecule has 0 saturated heterocycles. The molecule has 4 heteroatoms. The SMILES string of the molecule is CCNC(=O)Nc1ccc(C(C)=O)cc1. The highest BCUT2D eigenvalue weighted by molar-refractivity contribution is 5.95. The first-order valence-corrected chi connectivity index (χ1v) is 4.79.